The molecule has 2 rings (SSSR count). The van der Waals surface area contributed by atoms with Gasteiger partial charge in [0.1, 0.15) is 0 Å². The predicted molar refractivity (Wildman–Crippen MR) is 73.6 cm³/mol. The first kappa shape index (κ1) is 12.0. The maximum Gasteiger partial charge on any atom is 0.0530 e. The van der Waals surface area contributed by atoms with E-state index in [1.807, 2.05) is 30.4 Å². The molecule has 1 aromatic rings. The number of rotatable bonds is 2. The van der Waals surface area contributed by atoms with Crippen LogP contribution < -0.4 is 0 Å². The van der Waals surface area contributed by atoms with Crippen LogP contribution in [0.4, 0.5) is 0 Å². The first-order valence-corrected chi connectivity index (χ1v) is 6.63. The van der Waals surface area contributed by atoms with Crippen LogP contribution in [0.1, 0.15) is 18.9 Å². The van der Waals surface area contributed by atoms with Crippen LogP contribution in [-0.2, 0) is 11.0 Å². The van der Waals surface area contributed by atoms with Crippen molar-refractivity contribution < 1.29 is 4.55 Å². The minimum atomic E-state index is -1.37. The van der Waals surface area contributed by atoms with E-state index in [0.717, 1.165) is 10.5 Å². The van der Waals surface area contributed by atoms with E-state index in [0.29, 0.717) is 6.42 Å². The molecule has 0 bridgehead atoms. The minimum absolute atomic E-state index is 0.667. The molecule has 0 amide bonds. The van der Waals surface area contributed by atoms with Crippen LogP contribution in [0.25, 0.3) is 6.08 Å². The number of hydrogen-bond donors (Lipinski definition) is 2. The van der Waals surface area contributed by atoms with Gasteiger partial charge < -0.3 is 4.55 Å². The van der Waals surface area contributed by atoms with Crippen LogP contribution in [0.2, 0.25) is 0 Å². The molecule has 88 valence electrons. The van der Waals surface area contributed by atoms with Gasteiger partial charge in [-0.25, -0.2) is 0 Å². The largest absolute Gasteiger partial charge is 0.318 e. The Kier molecular flexibility index (Phi) is 3.71. The molecular weight excluding hydrogens is 230 g/mol. The van der Waals surface area contributed by atoms with Gasteiger partial charge in [-0.3, -0.25) is 4.78 Å². The average Bonchev–Trinajstić information content (AvgIpc) is 2.33. The van der Waals surface area contributed by atoms with E-state index in [1.165, 1.54) is 11.1 Å². The number of benzene rings is 1. The summed E-state index contributed by atoms with van der Waals surface area (Å²) in [5.41, 5.74) is 3.52. The average molecular weight is 245 g/mol. The van der Waals surface area contributed by atoms with Gasteiger partial charge >= 0.3 is 0 Å². The summed E-state index contributed by atoms with van der Waals surface area (Å²) in [5.74, 6) is 0. The normalized spacial score (nSPS) is 19.8. The highest BCUT2D eigenvalue weighted by Crippen LogP contribution is 2.27. The van der Waals surface area contributed by atoms with Crippen LogP contribution in [0.15, 0.2) is 58.5 Å². The van der Waals surface area contributed by atoms with E-state index in [-0.39, 0.29) is 0 Å². The lowest BCUT2D eigenvalue weighted by atomic mass is 9.97. The van der Waals surface area contributed by atoms with Gasteiger partial charge in [-0.05, 0) is 29.7 Å². The van der Waals surface area contributed by atoms with Crippen LogP contribution in [0, 0.1) is 4.78 Å². The summed E-state index contributed by atoms with van der Waals surface area (Å²) in [5, 5.41) is 0. The fourth-order valence-corrected chi connectivity index (χ4v) is 2.25. The van der Waals surface area contributed by atoms with Gasteiger partial charge in [0.25, 0.3) is 0 Å². The van der Waals surface area contributed by atoms with E-state index in [9.17, 15) is 4.55 Å². The molecule has 1 aromatic carbocycles. The zero-order chi connectivity index (χ0) is 12.3. The molecule has 17 heavy (non-hydrogen) atoms. The second kappa shape index (κ2) is 5.25. The first-order valence-electron chi connectivity index (χ1n) is 5.45. The van der Waals surface area contributed by atoms with Gasteiger partial charge in [0.2, 0.25) is 0 Å². The topological polar surface area (TPSA) is 44.1 Å². The lowest BCUT2D eigenvalue weighted by Crippen LogP contribution is -1.99. The van der Waals surface area contributed by atoms with E-state index in [4.69, 9.17) is 4.78 Å². The Hall–Kier alpha value is -1.45. The van der Waals surface area contributed by atoms with Crippen LogP contribution in [-0.4, -0.2) is 4.55 Å². The Morgan fingerprint density at radius 1 is 1.24 bits per heavy atom. The maximum absolute atomic E-state index is 9.32. The molecule has 0 fully saturated rings. The van der Waals surface area contributed by atoms with Crippen molar-refractivity contribution in [1.82, 2.24) is 0 Å². The zero-order valence-corrected chi connectivity index (χ0v) is 10.5. The molecule has 0 aliphatic heterocycles. The van der Waals surface area contributed by atoms with Gasteiger partial charge in [0, 0.05) is 11.3 Å². The molecule has 0 spiro atoms. The van der Waals surface area contributed by atoms with Crippen molar-refractivity contribution in [1.29, 1.82) is 4.78 Å². The van der Waals surface area contributed by atoms with E-state index in [2.05, 4.69) is 25.1 Å². The molecule has 1 atom stereocenters. The Morgan fingerprint density at radius 2 is 1.94 bits per heavy atom. The Morgan fingerprint density at radius 3 is 2.59 bits per heavy atom. The molecule has 1 unspecified atom stereocenters. The van der Waals surface area contributed by atoms with E-state index < -0.39 is 11.0 Å². The minimum Gasteiger partial charge on any atom is -0.318 e. The molecule has 1 aliphatic rings. The third-order valence-electron chi connectivity index (χ3n) is 2.78. The number of allylic oxidation sites excluding steroid dienone is 5. The van der Waals surface area contributed by atoms with Crippen LogP contribution in [0.5, 0.6) is 0 Å². The molecular formula is C14H15NOS. The summed E-state index contributed by atoms with van der Waals surface area (Å²) >= 11 is 0. The molecule has 0 radical (unpaired) electrons. The Labute approximate surface area is 104 Å². The summed E-state index contributed by atoms with van der Waals surface area (Å²) in [6, 6.07) is 10.1. The summed E-state index contributed by atoms with van der Waals surface area (Å²) < 4.78 is 16.7. The third kappa shape index (κ3) is 3.02. The highest BCUT2D eigenvalue weighted by Gasteiger charge is 2.11. The number of nitrogens with one attached hydrogen (secondary N) is 1. The molecule has 0 aromatic heterocycles. The third-order valence-corrected chi connectivity index (χ3v) is 3.56. The van der Waals surface area contributed by atoms with Gasteiger partial charge in [0.05, 0.1) is 11.0 Å². The number of hydrogen-bond acceptors (Lipinski definition) is 1. The van der Waals surface area contributed by atoms with Crippen LogP contribution >= 0.6 is 0 Å². The van der Waals surface area contributed by atoms with Crippen molar-refractivity contribution in [3.8, 4) is 0 Å². The summed E-state index contributed by atoms with van der Waals surface area (Å²) in [6.45, 7) is 2.06. The zero-order valence-electron chi connectivity index (χ0n) is 9.68. The van der Waals surface area contributed by atoms with Crippen molar-refractivity contribution >= 4 is 17.0 Å². The standard InChI is InChI=1S/C14H15NOS/c1-11-7-8-14(17(15)16)10-13(11)9-12-5-3-2-4-6-12/h2-9H,10H2,1H3,(H2,15,16). The quantitative estimate of drug-likeness (QED) is 0.807. The molecule has 1 aliphatic carbocycles. The molecule has 2 nitrogen and oxygen atoms in total. The van der Waals surface area contributed by atoms with Crippen molar-refractivity contribution in [3.05, 3.63) is 64.1 Å². The van der Waals surface area contributed by atoms with Crippen molar-refractivity contribution in [2.75, 3.05) is 0 Å². The molecule has 0 heterocycles. The van der Waals surface area contributed by atoms with E-state index >= 15 is 0 Å². The summed E-state index contributed by atoms with van der Waals surface area (Å²) in [7, 11) is -1.37. The van der Waals surface area contributed by atoms with Crippen molar-refractivity contribution in [2.45, 2.75) is 13.3 Å². The van der Waals surface area contributed by atoms with Gasteiger partial charge in [-0.1, -0.05) is 42.5 Å². The van der Waals surface area contributed by atoms with Crippen LogP contribution in [0.3, 0.4) is 0 Å². The van der Waals surface area contributed by atoms with Crippen molar-refractivity contribution in [2.24, 2.45) is 0 Å². The Balaban J connectivity index is 2.30. The molecule has 0 saturated heterocycles. The molecule has 0 saturated carbocycles. The summed E-state index contributed by atoms with van der Waals surface area (Å²) in [6.07, 6.45) is 6.61. The smallest absolute Gasteiger partial charge is 0.0530 e. The highest BCUT2D eigenvalue weighted by molar-refractivity contribution is 7.84. The first-order chi connectivity index (χ1) is 8.16. The second-order valence-corrected chi connectivity index (χ2v) is 5.12. The van der Waals surface area contributed by atoms with Crippen molar-refractivity contribution in [3.63, 3.8) is 0 Å². The second-order valence-electron chi connectivity index (χ2n) is 4.02. The van der Waals surface area contributed by atoms with Gasteiger partial charge in [-0.2, -0.15) is 0 Å². The predicted octanol–water partition coefficient (Wildman–Crippen LogP) is 4.16. The van der Waals surface area contributed by atoms with Gasteiger partial charge in [0.15, 0.2) is 0 Å². The lowest BCUT2D eigenvalue weighted by molar-refractivity contribution is 0.650. The molecule has 3 heteroatoms. The highest BCUT2D eigenvalue weighted by atomic mass is 32.2. The van der Waals surface area contributed by atoms with Gasteiger partial charge in [-0.15, -0.1) is 0 Å². The fourth-order valence-electron chi connectivity index (χ4n) is 1.76. The summed E-state index contributed by atoms with van der Waals surface area (Å²) in [4.78, 5) is 0.776. The van der Waals surface area contributed by atoms with E-state index in [1.54, 1.807) is 0 Å². The maximum atomic E-state index is 9.32. The monoisotopic (exact) mass is 245 g/mol. The Bertz CT molecular complexity index is 526. The fraction of sp³-hybridized carbons (Fsp3) is 0.143. The lowest BCUT2D eigenvalue weighted by Gasteiger charge is -2.14. The molecule has 2 N–H and O–H groups in total. The SMILES string of the molecule is CC1=CC=C(S(=N)O)CC1=Cc1ccccc1.